The number of nitrogens with zero attached hydrogens (tertiary/aromatic N) is 1. The van der Waals surface area contributed by atoms with E-state index in [1.165, 1.54) is 12.3 Å². The van der Waals surface area contributed by atoms with Crippen molar-refractivity contribution in [1.82, 2.24) is 4.90 Å². The molecule has 0 saturated carbocycles. The summed E-state index contributed by atoms with van der Waals surface area (Å²) in [6.07, 6.45) is 0.769. The summed E-state index contributed by atoms with van der Waals surface area (Å²) < 4.78 is 0. The number of carbonyl (C=O) groups is 1. The molecular weight excluding hydrogens is 136 g/mol. The fraction of sp³-hybridized carbons (Fsp3) is 0.400. The summed E-state index contributed by atoms with van der Waals surface area (Å²) in [6, 6.07) is -0.909. The lowest BCUT2D eigenvalue weighted by Crippen LogP contribution is -2.39. The van der Waals surface area contributed by atoms with E-state index >= 15 is 0 Å². The van der Waals surface area contributed by atoms with Crippen LogP contribution in [0.2, 0.25) is 0 Å². The second-order valence-electron chi connectivity index (χ2n) is 1.57. The molecule has 5 heteroatoms. The normalized spacial score (nSPS) is 10.8. The van der Waals surface area contributed by atoms with Crippen molar-refractivity contribution >= 4 is 6.03 Å². The van der Waals surface area contributed by atoms with Gasteiger partial charge in [-0.2, -0.15) is 0 Å². The number of carbonyl (C=O) groups excluding carboxylic acids is 1. The minimum Gasteiger partial charge on any atom is -0.351 e. The Labute approximate surface area is 58.4 Å². The van der Waals surface area contributed by atoms with Gasteiger partial charge in [0.25, 0.3) is 0 Å². The third-order valence-corrected chi connectivity index (χ3v) is 0.813. The number of aliphatic hydroxyl groups is 2. The molecule has 0 saturated heterocycles. The highest BCUT2D eigenvalue weighted by Crippen LogP contribution is 1.92. The van der Waals surface area contributed by atoms with E-state index in [1.807, 2.05) is 0 Å². The fourth-order valence-corrected chi connectivity index (χ4v) is 0.425. The molecule has 0 aliphatic rings. The minimum absolute atomic E-state index is 0.583. The summed E-state index contributed by atoms with van der Waals surface area (Å²) in [5.41, 5.74) is 4.74. The van der Waals surface area contributed by atoms with Crippen LogP contribution < -0.4 is 5.73 Å². The van der Waals surface area contributed by atoms with E-state index in [1.54, 1.807) is 6.92 Å². The van der Waals surface area contributed by atoms with Crippen molar-refractivity contribution in [2.75, 3.05) is 0 Å². The van der Waals surface area contributed by atoms with Crippen molar-refractivity contribution in [1.29, 1.82) is 0 Å². The molecule has 0 heterocycles. The van der Waals surface area contributed by atoms with Crippen molar-refractivity contribution < 1.29 is 15.0 Å². The molecule has 0 aromatic rings. The van der Waals surface area contributed by atoms with Crippen LogP contribution in [0.25, 0.3) is 0 Å². The molecule has 0 aromatic heterocycles. The van der Waals surface area contributed by atoms with Crippen molar-refractivity contribution in [2.24, 2.45) is 5.73 Å². The van der Waals surface area contributed by atoms with Gasteiger partial charge in [0.05, 0.1) is 0 Å². The lowest BCUT2D eigenvalue weighted by atomic mass is 10.6. The van der Waals surface area contributed by atoms with Crippen LogP contribution in [0.4, 0.5) is 4.79 Å². The largest absolute Gasteiger partial charge is 0.351 e. The molecule has 5 nitrogen and oxygen atoms in total. The van der Waals surface area contributed by atoms with Gasteiger partial charge in [-0.15, -0.1) is 0 Å². The van der Waals surface area contributed by atoms with Crippen LogP contribution in [0.3, 0.4) is 0 Å². The Bertz CT molecular complexity index is 144. The van der Waals surface area contributed by atoms with E-state index in [0.717, 1.165) is 0 Å². The maximum absolute atomic E-state index is 10.3. The van der Waals surface area contributed by atoms with Gasteiger partial charge in [-0.1, -0.05) is 6.08 Å². The van der Waals surface area contributed by atoms with Crippen molar-refractivity contribution in [3.05, 3.63) is 12.3 Å². The van der Waals surface area contributed by atoms with Crippen molar-refractivity contribution in [2.45, 2.75) is 13.3 Å². The van der Waals surface area contributed by atoms with Gasteiger partial charge in [-0.25, -0.2) is 4.79 Å². The number of hydrogen-bond acceptors (Lipinski definition) is 3. The van der Waals surface area contributed by atoms with Crippen LogP contribution in [-0.2, 0) is 0 Å². The summed E-state index contributed by atoms with van der Waals surface area (Å²) in [6.45, 7) is 1.62. The predicted molar refractivity (Wildman–Crippen MR) is 34.5 cm³/mol. The number of hydrogen-bond donors (Lipinski definition) is 3. The Kier molecular flexibility index (Phi) is 3.45. The van der Waals surface area contributed by atoms with Gasteiger partial charge < -0.3 is 15.9 Å². The van der Waals surface area contributed by atoms with Crippen LogP contribution in [0.15, 0.2) is 12.3 Å². The smallest absolute Gasteiger partial charge is 0.322 e. The molecule has 0 rings (SSSR count). The SMILES string of the molecule is CC=CN(C(N)=O)C(O)O. The first-order valence-corrected chi connectivity index (χ1v) is 2.66. The Morgan fingerprint density at radius 2 is 2.20 bits per heavy atom. The van der Waals surface area contributed by atoms with E-state index in [-0.39, 0.29) is 0 Å². The van der Waals surface area contributed by atoms with E-state index in [0.29, 0.717) is 4.90 Å². The zero-order valence-electron chi connectivity index (χ0n) is 5.56. The monoisotopic (exact) mass is 146 g/mol. The Morgan fingerprint density at radius 1 is 1.70 bits per heavy atom. The van der Waals surface area contributed by atoms with E-state index in [4.69, 9.17) is 15.9 Å². The van der Waals surface area contributed by atoms with Gasteiger partial charge in [-0.3, -0.25) is 4.90 Å². The standard InChI is InChI=1S/C5H10N2O3/c1-2-3-7(4(6)8)5(9)10/h2-3,5,9-10H,1H3,(H2,6,8). The molecule has 0 fully saturated rings. The molecular formula is C5H10N2O3. The average molecular weight is 146 g/mol. The second-order valence-corrected chi connectivity index (χ2v) is 1.57. The summed E-state index contributed by atoms with van der Waals surface area (Å²) in [4.78, 5) is 10.9. The van der Waals surface area contributed by atoms with Gasteiger partial charge in [-0.05, 0) is 6.92 Å². The lowest BCUT2D eigenvalue weighted by Gasteiger charge is -2.16. The zero-order chi connectivity index (χ0) is 8.15. The summed E-state index contributed by atoms with van der Waals surface area (Å²) in [7, 11) is 0. The molecule has 0 unspecified atom stereocenters. The molecule has 58 valence electrons. The second kappa shape index (κ2) is 3.86. The number of urea groups is 1. The topological polar surface area (TPSA) is 86.8 Å². The Morgan fingerprint density at radius 3 is 2.30 bits per heavy atom. The van der Waals surface area contributed by atoms with E-state index in [2.05, 4.69) is 0 Å². The number of primary amides is 1. The minimum atomic E-state index is -1.87. The number of amides is 2. The molecule has 2 amide bonds. The Hall–Kier alpha value is -1.07. The first kappa shape index (κ1) is 8.93. The molecule has 0 bridgehead atoms. The zero-order valence-corrected chi connectivity index (χ0v) is 5.56. The highest BCUT2D eigenvalue weighted by atomic mass is 16.5. The van der Waals surface area contributed by atoms with Crippen LogP contribution in [0, 0.1) is 0 Å². The quantitative estimate of drug-likeness (QED) is 0.444. The number of allylic oxidation sites excluding steroid dienone is 1. The maximum atomic E-state index is 10.3. The number of rotatable bonds is 2. The fourth-order valence-electron chi connectivity index (χ4n) is 0.425. The lowest BCUT2D eigenvalue weighted by molar-refractivity contribution is -0.114. The molecule has 0 spiro atoms. The molecule has 0 atom stereocenters. The van der Waals surface area contributed by atoms with Crippen LogP contribution >= 0.6 is 0 Å². The first-order chi connectivity index (χ1) is 4.59. The van der Waals surface area contributed by atoms with E-state index in [9.17, 15) is 4.79 Å². The summed E-state index contributed by atoms with van der Waals surface area (Å²) in [5, 5.41) is 16.9. The highest BCUT2D eigenvalue weighted by Gasteiger charge is 2.11. The van der Waals surface area contributed by atoms with Gasteiger partial charge in [0.1, 0.15) is 0 Å². The van der Waals surface area contributed by atoms with Crippen LogP contribution in [-0.4, -0.2) is 27.6 Å². The van der Waals surface area contributed by atoms with Crippen LogP contribution in [0.1, 0.15) is 6.92 Å². The third-order valence-electron chi connectivity index (χ3n) is 0.813. The van der Waals surface area contributed by atoms with Crippen molar-refractivity contribution in [3.63, 3.8) is 0 Å². The third kappa shape index (κ3) is 2.47. The first-order valence-electron chi connectivity index (χ1n) is 2.66. The average Bonchev–Trinajstić information content (AvgIpc) is 1.81. The van der Waals surface area contributed by atoms with Gasteiger partial charge in [0, 0.05) is 6.20 Å². The molecule has 0 radical (unpaired) electrons. The van der Waals surface area contributed by atoms with Gasteiger partial charge in [0.2, 0.25) is 6.41 Å². The predicted octanol–water partition coefficient (Wildman–Crippen LogP) is -0.831. The number of nitrogens with two attached hydrogens (primary N) is 1. The molecule has 0 aliphatic heterocycles. The number of aliphatic hydroxyl groups excluding tert-OH is 1. The molecule has 0 aromatic carbocycles. The molecule has 0 aliphatic carbocycles. The van der Waals surface area contributed by atoms with Crippen molar-refractivity contribution in [3.8, 4) is 0 Å². The summed E-state index contributed by atoms with van der Waals surface area (Å²) >= 11 is 0. The molecule has 10 heavy (non-hydrogen) atoms. The Balaban J connectivity index is 4.12. The maximum Gasteiger partial charge on any atom is 0.322 e. The highest BCUT2D eigenvalue weighted by molar-refractivity contribution is 5.73. The van der Waals surface area contributed by atoms with Crippen LogP contribution in [0.5, 0.6) is 0 Å². The summed E-state index contributed by atoms with van der Waals surface area (Å²) in [5.74, 6) is 0. The van der Waals surface area contributed by atoms with Gasteiger partial charge in [0.15, 0.2) is 0 Å². The molecule has 4 N–H and O–H groups in total. The van der Waals surface area contributed by atoms with E-state index < -0.39 is 12.4 Å². The van der Waals surface area contributed by atoms with Gasteiger partial charge >= 0.3 is 6.03 Å².